The van der Waals surface area contributed by atoms with Gasteiger partial charge in [-0.1, -0.05) is 127 Å². The van der Waals surface area contributed by atoms with Gasteiger partial charge in [-0.05, 0) is 98.9 Å². The number of aromatic nitrogens is 1. The summed E-state index contributed by atoms with van der Waals surface area (Å²) in [5, 5.41) is 4.49. The topological polar surface area (TPSA) is 38.5 Å². The van der Waals surface area contributed by atoms with E-state index in [1.54, 1.807) is 6.20 Å². The summed E-state index contributed by atoms with van der Waals surface area (Å²) in [5.41, 5.74) is 9.78. The first kappa shape index (κ1) is 32.5. The molecule has 0 fully saturated rings. The Kier molecular flexibility index (Phi) is 8.27. The molecular weight excluding hydrogens is 673 g/mol. The molecule has 1 aliphatic rings. The molecule has 10 rings (SSSR count). The molecule has 4 heteroatoms. The van der Waals surface area contributed by atoms with Gasteiger partial charge in [0.15, 0.2) is 0 Å². The first-order valence-electron chi connectivity index (χ1n) is 18.7. The minimum absolute atomic E-state index is 0.0249. The highest BCUT2D eigenvalue weighted by atomic mass is 16.5. The third-order valence-corrected chi connectivity index (χ3v) is 10.5. The highest BCUT2D eigenvalue weighted by molar-refractivity contribution is 6.18. The van der Waals surface area contributed by atoms with Crippen LogP contribution in [0, 0.1) is 0 Å². The maximum Gasteiger partial charge on any atom is 0.136 e. The van der Waals surface area contributed by atoms with Crippen molar-refractivity contribution in [3.05, 3.63) is 212 Å². The normalized spacial score (nSPS) is 13.8. The molecular formula is C51H36N2O2. The van der Waals surface area contributed by atoms with Gasteiger partial charge in [0.1, 0.15) is 23.4 Å². The highest BCUT2D eigenvalue weighted by Crippen LogP contribution is 2.47. The number of furan rings is 1. The average molecular weight is 709 g/mol. The fraction of sp³-hybridized carbons (Fsp3) is 0.0392. The van der Waals surface area contributed by atoms with Crippen LogP contribution in [0.25, 0.3) is 61.1 Å². The molecule has 9 aromatic rings. The molecule has 0 spiro atoms. The number of fused-ring (bicyclic) bond motifs is 2. The number of hydrogen-bond acceptors (Lipinski definition) is 4. The zero-order valence-electron chi connectivity index (χ0n) is 30.0. The van der Waals surface area contributed by atoms with E-state index in [1.807, 2.05) is 36.5 Å². The van der Waals surface area contributed by atoms with E-state index < -0.39 is 0 Å². The van der Waals surface area contributed by atoms with E-state index in [4.69, 9.17) is 9.15 Å². The zero-order valence-corrected chi connectivity index (χ0v) is 30.0. The number of pyridine rings is 1. The standard InChI is InChI=1S/C51H36N2O2/c1-4-13-36(14-5-1)46-28-30-48(54-46)50-42-20-10-11-21-43(42)51(49-31-29-47(55-49)37-15-6-2-7-16-37)45-33-38(24-27-44(45)50)35-22-25-40(26-23-35)53(39-17-8-3-9-18-39)41-19-12-32-52-34-41/h1-27,29-34,46H,28H2. The molecule has 0 saturated carbocycles. The number of benzene rings is 7. The van der Waals surface area contributed by atoms with E-state index in [9.17, 15) is 0 Å². The fourth-order valence-electron chi connectivity index (χ4n) is 7.93. The summed E-state index contributed by atoms with van der Waals surface area (Å²) in [6.45, 7) is 0. The number of ether oxygens (including phenoxy) is 1. The zero-order chi connectivity index (χ0) is 36.6. The first-order chi connectivity index (χ1) is 27.3. The maximum absolute atomic E-state index is 6.81. The lowest BCUT2D eigenvalue weighted by Gasteiger charge is -2.25. The van der Waals surface area contributed by atoms with Crippen molar-refractivity contribution in [2.45, 2.75) is 12.5 Å². The monoisotopic (exact) mass is 708 g/mol. The van der Waals surface area contributed by atoms with Crippen LogP contribution in [0.3, 0.4) is 0 Å². The summed E-state index contributed by atoms with van der Waals surface area (Å²) < 4.78 is 13.5. The van der Waals surface area contributed by atoms with Crippen molar-refractivity contribution in [1.82, 2.24) is 4.98 Å². The predicted molar refractivity (Wildman–Crippen MR) is 225 cm³/mol. The largest absolute Gasteiger partial charge is 0.485 e. The van der Waals surface area contributed by atoms with Crippen molar-refractivity contribution in [3.8, 4) is 33.8 Å². The van der Waals surface area contributed by atoms with Crippen LogP contribution in [0.5, 0.6) is 0 Å². The predicted octanol–water partition coefficient (Wildman–Crippen LogP) is 14.0. The number of anilines is 3. The number of rotatable bonds is 8. The Hall–Kier alpha value is -7.17. The molecule has 1 unspecified atom stereocenters. The molecule has 2 aromatic heterocycles. The maximum atomic E-state index is 6.81. The van der Waals surface area contributed by atoms with Crippen LogP contribution in [0.15, 0.2) is 205 Å². The molecule has 0 aliphatic carbocycles. The molecule has 3 heterocycles. The minimum atomic E-state index is -0.0249. The Labute approximate surface area is 320 Å². The lowest BCUT2D eigenvalue weighted by Crippen LogP contribution is -2.09. The SMILES string of the molecule is C1=C(c2c3ccccc3c(-c3ccc(-c4ccccc4)o3)c3cc(-c4ccc(N(c5ccccc5)c5cccnc5)cc4)ccc23)OC(c2ccccc2)C1. The molecule has 4 nitrogen and oxygen atoms in total. The summed E-state index contributed by atoms with van der Waals surface area (Å²) in [7, 11) is 0. The Morgan fingerprint density at radius 1 is 0.473 bits per heavy atom. The Morgan fingerprint density at radius 2 is 1.09 bits per heavy atom. The summed E-state index contributed by atoms with van der Waals surface area (Å²) in [4.78, 5) is 6.65. The van der Waals surface area contributed by atoms with Crippen molar-refractivity contribution in [2.75, 3.05) is 4.90 Å². The molecule has 0 N–H and O–H groups in total. The molecule has 7 aromatic carbocycles. The Bertz CT molecular complexity index is 2750. The van der Waals surface area contributed by atoms with Crippen LogP contribution in [0.2, 0.25) is 0 Å². The van der Waals surface area contributed by atoms with Crippen LogP contribution in [0.4, 0.5) is 17.1 Å². The molecule has 262 valence electrons. The molecule has 0 bridgehead atoms. The van der Waals surface area contributed by atoms with Gasteiger partial charge in [-0.15, -0.1) is 0 Å². The van der Waals surface area contributed by atoms with Crippen LogP contribution < -0.4 is 4.90 Å². The van der Waals surface area contributed by atoms with Crippen molar-refractivity contribution in [3.63, 3.8) is 0 Å². The van der Waals surface area contributed by atoms with Crippen molar-refractivity contribution in [1.29, 1.82) is 0 Å². The average Bonchev–Trinajstić information content (AvgIpc) is 3.96. The van der Waals surface area contributed by atoms with Crippen molar-refractivity contribution >= 4 is 44.4 Å². The van der Waals surface area contributed by atoms with Gasteiger partial charge in [0, 0.05) is 40.7 Å². The van der Waals surface area contributed by atoms with Gasteiger partial charge in [0.25, 0.3) is 0 Å². The summed E-state index contributed by atoms with van der Waals surface area (Å²) in [6, 6.07) is 63.7. The minimum Gasteiger partial charge on any atom is -0.485 e. The Morgan fingerprint density at radius 3 is 1.84 bits per heavy atom. The van der Waals surface area contributed by atoms with Gasteiger partial charge in [-0.3, -0.25) is 4.98 Å². The van der Waals surface area contributed by atoms with Gasteiger partial charge < -0.3 is 14.1 Å². The molecule has 0 saturated heterocycles. The second-order valence-electron chi connectivity index (χ2n) is 13.8. The lowest BCUT2D eigenvalue weighted by atomic mass is 9.88. The number of para-hydroxylation sites is 1. The molecule has 0 amide bonds. The van der Waals surface area contributed by atoms with E-state index in [2.05, 4.69) is 168 Å². The van der Waals surface area contributed by atoms with Gasteiger partial charge in [0.05, 0.1) is 11.9 Å². The van der Waals surface area contributed by atoms with Crippen LogP contribution in [0.1, 0.15) is 23.7 Å². The molecule has 55 heavy (non-hydrogen) atoms. The van der Waals surface area contributed by atoms with Crippen molar-refractivity contribution < 1.29 is 9.15 Å². The third-order valence-electron chi connectivity index (χ3n) is 10.5. The van der Waals surface area contributed by atoms with E-state index in [1.165, 1.54) is 5.56 Å². The van der Waals surface area contributed by atoms with Crippen LogP contribution in [-0.2, 0) is 4.74 Å². The summed E-state index contributed by atoms with van der Waals surface area (Å²) >= 11 is 0. The molecule has 1 atom stereocenters. The lowest BCUT2D eigenvalue weighted by molar-refractivity contribution is 0.195. The van der Waals surface area contributed by atoms with Crippen LogP contribution >= 0.6 is 0 Å². The summed E-state index contributed by atoms with van der Waals surface area (Å²) in [5.74, 6) is 2.59. The van der Waals surface area contributed by atoms with Gasteiger partial charge in [0.2, 0.25) is 0 Å². The fourth-order valence-corrected chi connectivity index (χ4v) is 7.93. The van der Waals surface area contributed by atoms with Gasteiger partial charge >= 0.3 is 0 Å². The van der Waals surface area contributed by atoms with Gasteiger partial charge in [-0.25, -0.2) is 0 Å². The summed E-state index contributed by atoms with van der Waals surface area (Å²) in [6.07, 6.45) is 6.76. The first-order valence-corrected chi connectivity index (χ1v) is 18.7. The second kappa shape index (κ2) is 14.0. The second-order valence-corrected chi connectivity index (χ2v) is 13.8. The van der Waals surface area contributed by atoms with E-state index >= 15 is 0 Å². The number of hydrogen-bond donors (Lipinski definition) is 0. The smallest absolute Gasteiger partial charge is 0.136 e. The van der Waals surface area contributed by atoms with Crippen molar-refractivity contribution in [2.24, 2.45) is 0 Å². The van der Waals surface area contributed by atoms with Crippen LogP contribution in [-0.4, -0.2) is 4.98 Å². The Balaban J connectivity index is 1.13. The van der Waals surface area contributed by atoms with E-state index in [-0.39, 0.29) is 6.10 Å². The third kappa shape index (κ3) is 6.04. The molecule has 1 aliphatic heterocycles. The molecule has 0 radical (unpaired) electrons. The van der Waals surface area contributed by atoms with E-state index in [0.717, 1.165) is 90.1 Å². The van der Waals surface area contributed by atoms with E-state index in [0.29, 0.717) is 0 Å². The quantitative estimate of drug-likeness (QED) is 0.147. The highest BCUT2D eigenvalue weighted by Gasteiger charge is 2.26. The van der Waals surface area contributed by atoms with Gasteiger partial charge in [-0.2, -0.15) is 0 Å². The number of nitrogens with zero attached hydrogens (tertiary/aromatic N) is 2.